The Balaban J connectivity index is 0.00000128. The van der Waals surface area contributed by atoms with Crippen molar-refractivity contribution in [2.24, 2.45) is 0 Å². The third-order valence-electron chi connectivity index (χ3n) is 3.21. The Morgan fingerprint density at radius 3 is 2.69 bits per heavy atom. The smallest absolute Gasteiger partial charge is 0.153 e. The van der Waals surface area contributed by atoms with Gasteiger partial charge in [0.25, 0.3) is 0 Å². The zero-order valence-electron chi connectivity index (χ0n) is 9.52. The van der Waals surface area contributed by atoms with Crippen LogP contribution < -0.4 is 5.32 Å². The number of hydrogen-bond donors (Lipinski definition) is 1. The summed E-state index contributed by atoms with van der Waals surface area (Å²) in [5, 5.41) is 3.07. The van der Waals surface area contributed by atoms with Crippen LogP contribution in [0.25, 0.3) is 0 Å². The van der Waals surface area contributed by atoms with E-state index in [-0.39, 0.29) is 23.9 Å². The normalized spacial score (nSPS) is 37.9. The fourth-order valence-electron chi connectivity index (χ4n) is 2.33. The van der Waals surface area contributed by atoms with Crippen molar-refractivity contribution < 1.29 is 13.2 Å². The van der Waals surface area contributed by atoms with E-state index in [1.54, 1.807) is 0 Å². The fraction of sp³-hybridized carbons (Fsp3) is 1.00. The Labute approximate surface area is 103 Å². The van der Waals surface area contributed by atoms with Gasteiger partial charge in [-0.05, 0) is 19.8 Å². The molecule has 0 spiro atoms. The maximum atomic E-state index is 11.8. The number of hydrogen-bond acceptors (Lipinski definition) is 4. The van der Waals surface area contributed by atoms with Gasteiger partial charge in [0.2, 0.25) is 0 Å². The molecule has 0 aromatic carbocycles. The zero-order valence-corrected chi connectivity index (χ0v) is 11.1. The van der Waals surface area contributed by atoms with Crippen molar-refractivity contribution in [3.8, 4) is 0 Å². The minimum absolute atomic E-state index is 0. The first-order chi connectivity index (χ1) is 7.08. The first-order valence-electron chi connectivity index (χ1n) is 5.67. The van der Waals surface area contributed by atoms with Crippen molar-refractivity contribution >= 4 is 22.2 Å². The summed E-state index contributed by atoms with van der Waals surface area (Å²) in [5.74, 6) is 0.361. The standard InChI is InChI=1S/C10H19NO3S.ClH/c1-8-7-14-10(11-8)6-9-4-2-3-5-15(9,12)13;/h8-11H,2-7H2,1H3;1H. The lowest BCUT2D eigenvalue weighted by Gasteiger charge is -2.24. The minimum atomic E-state index is -2.85. The van der Waals surface area contributed by atoms with Crippen LogP contribution in [0, 0.1) is 0 Å². The molecule has 0 radical (unpaired) electrons. The van der Waals surface area contributed by atoms with Crippen LogP contribution >= 0.6 is 12.4 Å². The van der Waals surface area contributed by atoms with E-state index in [4.69, 9.17) is 4.74 Å². The summed E-state index contributed by atoms with van der Waals surface area (Å²) < 4.78 is 29.0. The second-order valence-electron chi connectivity index (χ2n) is 4.61. The molecular formula is C10H20ClNO3S. The lowest BCUT2D eigenvalue weighted by Crippen LogP contribution is -2.37. The molecule has 0 aliphatic carbocycles. The first kappa shape index (κ1) is 14.2. The van der Waals surface area contributed by atoms with E-state index < -0.39 is 9.84 Å². The molecule has 0 aromatic heterocycles. The van der Waals surface area contributed by atoms with E-state index in [2.05, 4.69) is 12.2 Å². The maximum absolute atomic E-state index is 11.8. The lowest BCUT2D eigenvalue weighted by molar-refractivity contribution is 0.0914. The van der Waals surface area contributed by atoms with Crippen molar-refractivity contribution in [3.63, 3.8) is 0 Å². The summed E-state index contributed by atoms with van der Waals surface area (Å²) in [7, 11) is -2.85. The van der Waals surface area contributed by atoms with Crippen LogP contribution in [0.4, 0.5) is 0 Å². The van der Waals surface area contributed by atoms with Crippen LogP contribution in [0.3, 0.4) is 0 Å². The number of nitrogens with one attached hydrogen (secondary N) is 1. The Bertz CT molecular complexity index is 320. The summed E-state index contributed by atoms with van der Waals surface area (Å²) in [6.07, 6.45) is 3.23. The SMILES string of the molecule is CC1COC(CC2CCCCS2(=O)=O)N1.Cl. The van der Waals surface area contributed by atoms with Crippen molar-refractivity contribution in [2.75, 3.05) is 12.4 Å². The average molecular weight is 270 g/mol. The molecule has 96 valence electrons. The first-order valence-corrected chi connectivity index (χ1v) is 7.39. The third-order valence-corrected chi connectivity index (χ3v) is 5.51. The summed E-state index contributed by atoms with van der Waals surface area (Å²) in [4.78, 5) is 0. The minimum Gasteiger partial charge on any atom is -0.362 e. The highest BCUT2D eigenvalue weighted by molar-refractivity contribution is 7.92. The Kier molecular flexibility index (Phi) is 5.04. The van der Waals surface area contributed by atoms with Crippen molar-refractivity contribution in [1.29, 1.82) is 0 Å². The number of halogens is 1. The van der Waals surface area contributed by atoms with Gasteiger partial charge in [-0.15, -0.1) is 12.4 Å². The molecule has 2 aliphatic heterocycles. The number of rotatable bonds is 2. The Morgan fingerprint density at radius 1 is 1.38 bits per heavy atom. The molecule has 0 amide bonds. The lowest BCUT2D eigenvalue weighted by atomic mass is 10.1. The summed E-state index contributed by atoms with van der Waals surface area (Å²) in [5.41, 5.74) is 0. The van der Waals surface area contributed by atoms with Crippen molar-refractivity contribution in [2.45, 2.75) is 50.1 Å². The highest BCUT2D eigenvalue weighted by Crippen LogP contribution is 2.24. The van der Waals surface area contributed by atoms with Crippen LogP contribution in [0.1, 0.15) is 32.6 Å². The van der Waals surface area contributed by atoms with Gasteiger partial charge in [-0.3, -0.25) is 5.32 Å². The highest BCUT2D eigenvalue weighted by atomic mass is 35.5. The van der Waals surface area contributed by atoms with Crippen LogP contribution in [0.15, 0.2) is 0 Å². The van der Waals surface area contributed by atoms with E-state index in [0.717, 1.165) is 19.3 Å². The van der Waals surface area contributed by atoms with E-state index in [9.17, 15) is 8.42 Å². The van der Waals surface area contributed by atoms with E-state index in [1.807, 2.05) is 0 Å². The fourth-order valence-corrected chi connectivity index (χ4v) is 4.27. The predicted molar refractivity (Wildman–Crippen MR) is 65.6 cm³/mol. The van der Waals surface area contributed by atoms with E-state index in [1.165, 1.54) is 0 Å². The van der Waals surface area contributed by atoms with Crippen molar-refractivity contribution in [3.05, 3.63) is 0 Å². The average Bonchev–Trinajstić information content (AvgIpc) is 2.55. The summed E-state index contributed by atoms with van der Waals surface area (Å²) in [6.45, 7) is 2.74. The number of ether oxygens (including phenoxy) is 1. The molecule has 1 N–H and O–H groups in total. The maximum Gasteiger partial charge on any atom is 0.153 e. The van der Waals surface area contributed by atoms with Gasteiger partial charge in [0.15, 0.2) is 9.84 Å². The van der Waals surface area contributed by atoms with Gasteiger partial charge >= 0.3 is 0 Å². The van der Waals surface area contributed by atoms with Gasteiger partial charge in [0.05, 0.1) is 17.6 Å². The van der Waals surface area contributed by atoms with Crippen LogP contribution in [0.5, 0.6) is 0 Å². The molecule has 16 heavy (non-hydrogen) atoms. The van der Waals surface area contributed by atoms with Gasteiger partial charge in [-0.25, -0.2) is 8.42 Å². The van der Waals surface area contributed by atoms with Crippen LogP contribution in [-0.2, 0) is 14.6 Å². The molecule has 4 nitrogen and oxygen atoms in total. The largest absolute Gasteiger partial charge is 0.362 e. The second kappa shape index (κ2) is 5.67. The van der Waals surface area contributed by atoms with Gasteiger partial charge in [0, 0.05) is 12.5 Å². The molecule has 0 bridgehead atoms. The molecule has 2 fully saturated rings. The third kappa shape index (κ3) is 3.32. The molecule has 6 heteroatoms. The molecule has 2 heterocycles. The van der Waals surface area contributed by atoms with Crippen LogP contribution in [-0.4, -0.2) is 38.3 Å². The molecule has 0 aromatic rings. The zero-order chi connectivity index (χ0) is 10.9. The quantitative estimate of drug-likeness (QED) is 0.816. The van der Waals surface area contributed by atoms with Crippen LogP contribution in [0.2, 0.25) is 0 Å². The molecule has 2 rings (SSSR count). The van der Waals surface area contributed by atoms with Gasteiger partial charge in [0.1, 0.15) is 6.23 Å². The predicted octanol–water partition coefficient (Wildman–Crippen LogP) is 1.10. The molecule has 2 saturated heterocycles. The summed E-state index contributed by atoms with van der Waals surface area (Å²) in [6, 6.07) is 0.348. The van der Waals surface area contributed by atoms with E-state index in [0.29, 0.717) is 24.8 Å². The monoisotopic (exact) mass is 269 g/mol. The number of sulfone groups is 1. The Morgan fingerprint density at radius 2 is 2.12 bits per heavy atom. The molecule has 0 saturated carbocycles. The second-order valence-corrected chi connectivity index (χ2v) is 7.01. The van der Waals surface area contributed by atoms with E-state index >= 15 is 0 Å². The Hall–Kier alpha value is 0.160. The molecule has 3 unspecified atom stereocenters. The summed E-state index contributed by atoms with van der Waals surface area (Å²) >= 11 is 0. The van der Waals surface area contributed by atoms with Crippen molar-refractivity contribution in [1.82, 2.24) is 5.32 Å². The topological polar surface area (TPSA) is 55.4 Å². The van der Waals surface area contributed by atoms with Gasteiger partial charge in [-0.1, -0.05) is 6.42 Å². The molecular weight excluding hydrogens is 250 g/mol. The van der Waals surface area contributed by atoms with Gasteiger partial charge < -0.3 is 4.74 Å². The highest BCUT2D eigenvalue weighted by Gasteiger charge is 2.33. The molecule has 2 aliphatic rings. The molecule has 3 atom stereocenters. The van der Waals surface area contributed by atoms with Gasteiger partial charge in [-0.2, -0.15) is 0 Å².